The van der Waals surface area contributed by atoms with E-state index < -0.39 is 5.92 Å². The van der Waals surface area contributed by atoms with Crippen LogP contribution in [0.15, 0.2) is 30.3 Å². The van der Waals surface area contributed by atoms with Gasteiger partial charge in [-0.25, -0.2) is 0 Å². The predicted molar refractivity (Wildman–Crippen MR) is 61.3 cm³/mol. The van der Waals surface area contributed by atoms with E-state index in [1.807, 2.05) is 6.07 Å². The van der Waals surface area contributed by atoms with E-state index in [9.17, 15) is 14.4 Å². The number of Topliss-reactive ketones (excluding diaryl/α,β-unsaturated/α-hetero) is 1. The first-order chi connectivity index (χ1) is 8.24. The van der Waals surface area contributed by atoms with Crippen molar-refractivity contribution in [3.8, 4) is 0 Å². The Balaban J connectivity index is 2.20. The van der Waals surface area contributed by atoms with Crippen LogP contribution in [0.4, 0.5) is 0 Å². The number of carbonyl (C=O) groups is 3. The van der Waals surface area contributed by atoms with Crippen LogP contribution in [0.2, 0.25) is 0 Å². The summed E-state index contributed by atoms with van der Waals surface area (Å²) in [7, 11) is 0. The number of hydrogen-bond donors (Lipinski definition) is 0. The molecule has 2 rings (SSSR count). The van der Waals surface area contributed by atoms with E-state index in [-0.39, 0.29) is 11.7 Å². The molecule has 0 aromatic heterocycles. The molecule has 1 atom stereocenters. The Morgan fingerprint density at radius 2 is 2.00 bits per heavy atom. The SMILES string of the molecule is O=CN1CCCC(C(=O)c2ccccc2)C1=O. The first-order valence-corrected chi connectivity index (χ1v) is 5.59. The molecular formula is C13H13NO3. The summed E-state index contributed by atoms with van der Waals surface area (Å²) >= 11 is 0. The van der Waals surface area contributed by atoms with Crippen LogP contribution in [0.5, 0.6) is 0 Å². The van der Waals surface area contributed by atoms with Crippen molar-refractivity contribution < 1.29 is 14.4 Å². The van der Waals surface area contributed by atoms with Gasteiger partial charge in [0.15, 0.2) is 5.78 Å². The summed E-state index contributed by atoms with van der Waals surface area (Å²) in [4.78, 5) is 35.7. The molecule has 88 valence electrons. The fraction of sp³-hybridized carbons (Fsp3) is 0.308. The van der Waals surface area contributed by atoms with Gasteiger partial charge in [0.2, 0.25) is 12.3 Å². The van der Waals surface area contributed by atoms with E-state index in [2.05, 4.69) is 0 Å². The summed E-state index contributed by atoms with van der Waals surface area (Å²) in [5.74, 6) is -1.27. The van der Waals surface area contributed by atoms with Gasteiger partial charge in [-0.1, -0.05) is 30.3 Å². The molecule has 17 heavy (non-hydrogen) atoms. The maximum Gasteiger partial charge on any atom is 0.239 e. The van der Waals surface area contributed by atoms with Gasteiger partial charge in [0, 0.05) is 12.1 Å². The van der Waals surface area contributed by atoms with Gasteiger partial charge in [0.1, 0.15) is 5.92 Å². The molecule has 1 aromatic rings. The van der Waals surface area contributed by atoms with Crippen molar-refractivity contribution in [2.24, 2.45) is 5.92 Å². The molecule has 0 bridgehead atoms. The molecule has 1 aromatic carbocycles. The number of piperidine rings is 1. The molecule has 0 N–H and O–H groups in total. The molecule has 1 saturated heterocycles. The summed E-state index contributed by atoms with van der Waals surface area (Å²) in [6.07, 6.45) is 1.72. The van der Waals surface area contributed by atoms with Gasteiger partial charge in [0.25, 0.3) is 0 Å². The lowest BCUT2D eigenvalue weighted by atomic mass is 9.89. The van der Waals surface area contributed by atoms with Crippen LogP contribution >= 0.6 is 0 Å². The minimum absolute atomic E-state index is 0.192. The van der Waals surface area contributed by atoms with E-state index in [0.29, 0.717) is 31.4 Å². The first kappa shape index (κ1) is 11.5. The van der Waals surface area contributed by atoms with Gasteiger partial charge in [-0.15, -0.1) is 0 Å². The Morgan fingerprint density at radius 3 is 2.65 bits per heavy atom. The largest absolute Gasteiger partial charge is 0.293 e. The highest BCUT2D eigenvalue weighted by molar-refractivity contribution is 6.11. The zero-order valence-electron chi connectivity index (χ0n) is 9.33. The summed E-state index contributed by atoms with van der Waals surface area (Å²) in [6, 6.07) is 8.72. The molecule has 1 unspecified atom stereocenters. The van der Waals surface area contributed by atoms with Crippen LogP contribution in [0, 0.1) is 5.92 Å². The van der Waals surface area contributed by atoms with Crippen molar-refractivity contribution in [2.75, 3.05) is 6.54 Å². The van der Waals surface area contributed by atoms with Crippen LogP contribution in [0.25, 0.3) is 0 Å². The van der Waals surface area contributed by atoms with Crippen molar-refractivity contribution in [1.29, 1.82) is 0 Å². The fourth-order valence-electron chi connectivity index (χ4n) is 2.05. The van der Waals surface area contributed by atoms with Crippen LogP contribution in [0.3, 0.4) is 0 Å². The minimum atomic E-state index is -0.698. The van der Waals surface area contributed by atoms with E-state index >= 15 is 0 Å². The Kier molecular flexibility index (Phi) is 3.32. The molecule has 1 aliphatic heterocycles. The van der Waals surface area contributed by atoms with Gasteiger partial charge in [-0.3, -0.25) is 19.3 Å². The summed E-state index contributed by atoms with van der Waals surface area (Å²) in [5, 5.41) is 0. The van der Waals surface area contributed by atoms with E-state index in [1.165, 1.54) is 0 Å². The second-order valence-corrected chi connectivity index (χ2v) is 4.06. The molecule has 2 amide bonds. The number of benzene rings is 1. The molecule has 0 radical (unpaired) electrons. The van der Waals surface area contributed by atoms with Gasteiger partial charge >= 0.3 is 0 Å². The number of ketones is 1. The molecule has 4 heteroatoms. The van der Waals surface area contributed by atoms with Crippen molar-refractivity contribution in [3.05, 3.63) is 35.9 Å². The topological polar surface area (TPSA) is 54.5 Å². The Labute approximate surface area is 99.2 Å². The molecule has 1 fully saturated rings. The van der Waals surface area contributed by atoms with E-state index in [4.69, 9.17) is 0 Å². The minimum Gasteiger partial charge on any atom is -0.293 e. The standard InChI is InChI=1S/C13H13NO3/c15-9-14-8-4-7-11(13(14)17)12(16)10-5-2-1-3-6-10/h1-3,5-6,9,11H,4,7-8H2. The molecule has 0 spiro atoms. The van der Waals surface area contributed by atoms with E-state index in [1.54, 1.807) is 24.3 Å². The predicted octanol–water partition coefficient (Wildman–Crippen LogP) is 1.26. The average molecular weight is 231 g/mol. The molecular weight excluding hydrogens is 218 g/mol. The normalized spacial score (nSPS) is 20.1. The Morgan fingerprint density at radius 1 is 1.29 bits per heavy atom. The third-order valence-corrected chi connectivity index (χ3v) is 2.98. The maximum absolute atomic E-state index is 12.1. The highest BCUT2D eigenvalue weighted by Gasteiger charge is 2.34. The van der Waals surface area contributed by atoms with Crippen LogP contribution in [-0.4, -0.2) is 29.5 Å². The first-order valence-electron chi connectivity index (χ1n) is 5.59. The summed E-state index contributed by atoms with van der Waals surface area (Å²) in [6.45, 7) is 0.418. The smallest absolute Gasteiger partial charge is 0.239 e. The Bertz CT molecular complexity index is 441. The van der Waals surface area contributed by atoms with E-state index in [0.717, 1.165) is 4.90 Å². The molecule has 4 nitrogen and oxygen atoms in total. The van der Waals surface area contributed by atoms with Gasteiger partial charge in [-0.2, -0.15) is 0 Å². The van der Waals surface area contributed by atoms with Crippen molar-refractivity contribution >= 4 is 18.1 Å². The molecule has 0 aliphatic carbocycles. The number of carbonyl (C=O) groups excluding carboxylic acids is 3. The zero-order valence-corrected chi connectivity index (χ0v) is 9.33. The lowest BCUT2D eigenvalue weighted by Gasteiger charge is -2.26. The highest BCUT2D eigenvalue weighted by atomic mass is 16.2. The number of hydrogen-bond acceptors (Lipinski definition) is 3. The monoisotopic (exact) mass is 231 g/mol. The number of amides is 2. The third kappa shape index (κ3) is 2.25. The van der Waals surface area contributed by atoms with Crippen LogP contribution in [0.1, 0.15) is 23.2 Å². The molecule has 0 saturated carbocycles. The second-order valence-electron chi connectivity index (χ2n) is 4.06. The lowest BCUT2D eigenvalue weighted by molar-refractivity contribution is -0.142. The van der Waals surface area contributed by atoms with Crippen molar-refractivity contribution in [3.63, 3.8) is 0 Å². The third-order valence-electron chi connectivity index (χ3n) is 2.98. The van der Waals surface area contributed by atoms with Crippen LogP contribution < -0.4 is 0 Å². The molecule has 1 aliphatic rings. The summed E-state index contributed by atoms with van der Waals surface area (Å²) < 4.78 is 0. The molecule has 1 heterocycles. The highest BCUT2D eigenvalue weighted by Crippen LogP contribution is 2.21. The quantitative estimate of drug-likeness (QED) is 0.447. The van der Waals surface area contributed by atoms with Crippen molar-refractivity contribution in [2.45, 2.75) is 12.8 Å². The fourth-order valence-corrected chi connectivity index (χ4v) is 2.05. The Hall–Kier alpha value is -1.97. The lowest BCUT2D eigenvalue weighted by Crippen LogP contribution is -2.43. The van der Waals surface area contributed by atoms with Gasteiger partial charge in [-0.05, 0) is 12.8 Å². The number of rotatable bonds is 3. The van der Waals surface area contributed by atoms with Crippen LogP contribution in [-0.2, 0) is 9.59 Å². The van der Waals surface area contributed by atoms with Gasteiger partial charge < -0.3 is 0 Å². The number of likely N-dealkylation sites (tertiary alicyclic amines) is 1. The maximum atomic E-state index is 12.1. The average Bonchev–Trinajstić information content (AvgIpc) is 2.39. The summed E-state index contributed by atoms with van der Waals surface area (Å²) in [5.41, 5.74) is 0.526. The second kappa shape index (κ2) is 4.91. The number of imide groups is 1. The van der Waals surface area contributed by atoms with Gasteiger partial charge in [0.05, 0.1) is 0 Å². The zero-order chi connectivity index (χ0) is 12.3. The number of nitrogens with zero attached hydrogens (tertiary/aromatic N) is 1. The van der Waals surface area contributed by atoms with Crippen molar-refractivity contribution in [1.82, 2.24) is 4.90 Å².